The first-order valence-corrected chi connectivity index (χ1v) is 26.7. The summed E-state index contributed by atoms with van der Waals surface area (Å²) in [7, 11) is 0. The van der Waals surface area contributed by atoms with Crippen molar-refractivity contribution in [2.75, 3.05) is 13.2 Å². The van der Waals surface area contributed by atoms with Crippen LogP contribution in [0.2, 0.25) is 0 Å². The molecule has 0 aliphatic carbocycles. The minimum Gasteiger partial charge on any atom is -0.462 e. The van der Waals surface area contributed by atoms with E-state index in [4.69, 9.17) is 14.2 Å². The number of unbranched alkanes of at least 4 members (excludes halogenated alkanes) is 36. The molecule has 0 saturated heterocycles. The second-order valence-corrected chi connectivity index (χ2v) is 18.2. The fraction of sp³-hybridized carbons (Fsp3) is 0.907. The second kappa shape index (κ2) is 49.8. The Morgan fingerprint density at radius 1 is 0.317 bits per heavy atom. The smallest absolute Gasteiger partial charge is 0.306 e. The highest BCUT2D eigenvalue weighted by atomic mass is 16.6. The van der Waals surface area contributed by atoms with E-state index in [1.54, 1.807) is 0 Å². The molecule has 0 rings (SSSR count). The van der Waals surface area contributed by atoms with Crippen LogP contribution in [0.15, 0.2) is 12.2 Å². The molecule has 354 valence electrons. The second-order valence-electron chi connectivity index (χ2n) is 18.2. The molecule has 0 fully saturated rings. The summed E-state index contributed by atoms with van der Waals surface area (Å²) in [5.41, 5.74) is 0. The molecular formula is C54H102O6. The van der Waals surface area contributed by atoms with Crippen LogP contribution < -0.4 is 0 Å². The van der Waals surface area contributed by atoms with Crippen LogP contribution in [0.3, 0.4) is 0 Å². The highest BCUT2D eigenvalue weighted by molar-refractivity contribution is 5.71. The van der Waals surface area contributed by atoms with Crippen molar-refractivity contribution in [2.24, 2.45) is 0 Å². The van der Waals surface area contributed by atoms with Crippen molar-refractivity contribution in [1.29, 1.82) is 0 Å². The summed E-state index contributed by atoms with van der Waals surface area (Å²) in [4.78, 5) is 37.8. The first kappa shape index (κ1) is 58.1. The molecule has 0 aliphatic rings. The van der Waals surface area contributed by atoms with Crippen LogP contribution in [0.1, 0.15) is 297 Å². The number of esters is 3. The Morgan fingerprint density at radius 2 is 0.550 bits per heavy atom. The normalized spacial score (nSPS) is 12.0. The largest absolute Gasteiger partial charge is 0.462 e. The lowest BCUT2D eigenvalue weighted by Crippen LogP contribution is -2.30. The minimum atomic E-state index is -0.766. The van der Waals surface area contributed by atoms with E-state index < -0.39 is 6.10 Å². The molecule has 0 aromatic rings. The van der Waals surface area contributed by atoms with Crippen LogP contribution >= 0.6 is 0 Å². The van der Waals surface area contributed by atoms with E-state index in [0.717, 1.165) is 64.2 Å². The van der Waals surface area contributed by atoms with Gasteiger partial charge in [0.15, 0.2) is 6.10 Å². The zero-order valence-electron chi connectivity index (χ0n) is 40.5. The Labute approximate surface area is 373 Å². The summed E-state index contributed by atoms with van der Waals surface area (Å²) in [6, 6.07) is 0. The molecule has 1 unspecified atom stereocenters. The number of hydrogen-bond donors (Lipinski definition) is 0. The third-order valence-corrected chi connectivity index (χ3v) is 12.0. The molecule has 0 bridgehead atoms. The molecule has 6 nitrogen and oxygen atoms in total. The van der Waals surface area contributed by atoms with Gasteiger partial charge in [-0.15, -0.1) is 0 Å². The van der Waals surface area contributed by atoms with E-state index in [2.05, 4.69) is 32.9 Å². The molecule has 0 aromatic carbocycles. The van der Waals surface area contributed by atoms with E-state index >= 15 is 0 Å². The minimum absolute atomic E-state index is 0.0686. The van der Waals surface area contributed by atoms with Crippen molar-refractivity contribution >= 4 is 17.9 Å². The van der Waals surface area contributed by atoms with E-state index in [1.807, 2.05) is 0 Å². The monoisotopic (exact) mass is 847 g/mol. The van der Waals surface area contributed by atoms with Crippen LogP contribution in [0, 0.1) is 0 Å². The van der Waals surface area contributed by atoms with Crippen LogP contribution in [0.5, 0.6) is 0 Å². The van der Waals surface area contributed by atoms with Gasteiger partial charge in [0.05, 0.1) is 0 Å². The van der Waals surface area contributed by atoms with Gasteiger partial charge >= 0.3 is 17.9 Å². The van der Waals surface area contributed by atoms with E-state index in [9.17, 15) is 14.4 Å². The number of allylic oxidation sites excluding steroid dienone is 2. The van der Waals surface area contributed by atoms with Crippen molar-refractivity contribution in [3.8, 4) is 0 Å². The van der Waals surface area contributed by atoms with Gasteiger partial charge in [-0.1, -0.05) is 245 Å². The molecule has 0 aromatic heterocycles. The standard InChI is InChI=1S/C54H102O6/c1-4-7-10-13-16-19-21-23-24-25-26-27-28-29-30-31-32-34-35-38-41-44-47-53(56)59-50-51(49-58-52(55)46-43-40-37-18-15-12-9-6-3)60-54(57)48-45-42-39-36-33-22-20-17-14-11-8-5-2/h17,20,51H,4-16,18-19,21-50H2,1-3H3/b20-17-. The fourth-order valence-electron chi connectivity index (χ4n) is 7.97. The summed E-state index contributed by atoms with van der Waals surface area (Å²) in [5, 5.41) is 0. The van der Waals surface area contributed by atoms with E-state index in [1.165, 1.54) is 193 Å². The van der Waals surface area contributed by atoms with Crippen LogP contribution in [-0.2, 0) is 28.6 Å². The van der Waals surface area contributed by atoms with Gasteiger partial charge in [0.25, 0.3) is 0 Å². The zero-order chi connectivity index (χ0) is 43.7. The van der Waals surface area contributed by atoms with Crippen molar-refractivity contribution in [2.45, 2.75) is 303 Å². The average molecular weight is 847 g/mol. The Hall–Kier alpha value is -1.85. The Kier molecular flexibility index (Phi) is 48.3. The summed E-state index contributed by atoms with van der Waals surface area (Å²) in [5.74, 6) is -0.867. The van der Waals surface area contributed by atoms with Crippen molar-refractivity contribution in [3.63, 3.8) is 0 Å². The number of ether oxygens (including phenoxy) is 3. The topological polar surface area (TPSA) is 78.9 Å². The molecule has 60 heavy (non-hydrogen) atoms. The van der Waals surface area contributed by atoms with Gasteiger partial charge in [0.1, 0.15) is 13.2 Å². The van der Waals surface area contributed by atoms with Gasteiger partial charge in [-0.3, -0.25) is 14.4 Å². The molecule has 0 radical (unpaired) electrons. The number of hydrogen-bond acceptors (Lipinski definition) is 6. The number of rotatable bonds is 49. The van der Waals surface area contributed by atoms with Crippen molar-refractivity contribution < 1.29 is 28.6 Å². The lowest BCUT2D eigenvalue weighted by Gasteiger charge is -2.18. The van der Waals surface area contributed by atoms with Crippen molar-refractivity contribution in [1.82, 2.24) is 0 Å². The Bertz CT molecular complexity index is 931. The maximum atomic E-state index is 12.7. The zero-order valence-corrected chi connectivity index (χ0v) is 40.5. The average Bonchev–Trinajstić information content (AvgIpc) is 3.24. The van der Waals surface area contributed by atoms with Gasteiger partial charge in [0, 0.05) is 19.3 Å². The van der Waals surface area contributed by atoms with Crippen LogP contribution in [0.4, 0.5) is 0 Å². The lowest BCUT2D eigenvalue weighted by atomic mass is 10.0. The maximum Gasteiger partial charge on any atom is 0.306 e. The first-order chi connectivity index (χ1) is 29.5. The summed E-state index contributed by atoms with van der Waals surface area (Å²) in [6.07, 6.45) is 55.0. The number of carbonyl (C=O) groups is 3. The predicted molar refractivity (Wildman–Crippen MR) is 256 cm³/mol. The molecule has 0 heterocycles. The highest BCUT2D eigenvalue weighted by Crippen LogP contribution is 2.17. The Morgan fingerprint density at radius 3 is 0.867 bits per heavy atom. The lowest BCUT2D eigenvalue weighted by molar-refractivity contribution is -0.167. The molecule has 0 amide bonds. The fourth-order valence-corrected chi connectivity index (χ4v) is 7.97. The maximum absolute atomic E-state index is 12.7. The van der Waals surface area contributed by atoms with Gasteiger partial charge < -0.3 is 14.2 Å². The van der Waals surface area contributed by atoms with Gasteiger partial charge in [-0.25, -0.2) is 0 Å². The third-order valence-electron chi connectivity index (χ3n) is 12.0. The van der Waals surface area contributed by atoms with Crippen LogP contribution in [0.25, 0.3) is 0 Å². The van der Waals surface area contributed by atoms with Crippen LogP contribution in [-0.4, -0.2) is 37.2 Å². The van der Waals surface area contributed by atoms with Gasteiger partial charge in [-0.2, -0.15) is 0 Å². The first-order valence-electron chi connectivity index (χ1n) is 26.7. The predicted octanol–water partition coefficient (Wildman–Crippen LogP) is 17.4. The molecule has 0 aliphatic heterocycles. The molecule has 0 saturated carbocycles. The quantitative estimate of drug-likeness (QED) is 0.0263. The summed E-state index contributed by atoms with van der Waals surface area (Å²) in [6.45, 7) is 6.61. The number of carbonyl (C=O) groups excluding carboxylic acids is 3. The van der Waals surface area contributed by atoms with E-state index in [-0.39, 0.29) is 31.1 Å². The summed E-state index contributed by atoms with van der Waals surface area (Å²) < 4.78 is 16.7. The van der Waals surface area contributed by atoms with E-state index in [0.29, 0.717) is 19.3 Å². The van der Waals surface area contributed by atoms with Crippen molar-refractivity contribution in [3.05, 3.63) is 12.2 Å². The highest BCUT2D eigenvalue weighted by Gasteiger charge is 2.19. The SMILES string of the molecule is CCCCC/C=C\CCCCCCCC(=O)OC(COC(=O)CCCCCCCCCC)COC(=O)CCCCCCCCCCCCCCCCCCCCCCCC. The Balaban J connectivity index is 4.13. The molecular weight excluding hydrogens is 745 g/mol. The molecule has 0 spiro atoms. The van der Waals surface area contributed by atoms with Gasteiger partial charge in [-0.05, 0) is 44.9 Å². The summed E-state index contributed by atoms with van der Waals surface area (Å²) >= 11 is 0. The molecule has 1 atom stereocenters. The molecule has 0 N–H and O–H groups in total. The van der Waals surface area contributed by atoms with Gasteiger partial charge in [0.2, 0.25) is 0 Å². The third kappa shape index (κ3) is 47.2. The molecule has 6 heteroatoms.